The number of thiazole rings is 1. The molecule has 0 bridgehead atoms. The summed E-state index contributed by atoms with van der Waals surface area (Å²) in [5.41, 5.74) is 1.39. The van der Waals surface area contributed by atoms with Crippen molar-refractivity contribution < 1.29 is 22.7 Å². The molecule has 0 radical (unpaired) electrons. The lowest BCUT2D eigenvalue weighted by Crippen LogP contribution is -2.56. The van der Waals surface area contributed by atoms with Gasteiger partial charge in [0, 0.05) is 6.61 Å². The van der Waals surface area contributed by atoms with Crippen LogP contribution in [0.15, 0.2) is 54.6 Å². The van der Waals surface area contributed by atoms with Gasteiger partial charge in [-0.05, 0) is 43.4 Å². The number of ketones is 1. The van der Waals surface area contributed by atoms with Gasteiger partial charge < -0.3 is 10.1 Å². The molecule has 1 aliphatic rings. The molecular weight excluding hydrogens is 510 g/mol. The minimum absolute atomic E-state index is 0.173. The van der Waals surface area contributed by atoms with Gasteiger partial charge in [0.15, 0.2) is 14.8 Å². The number of Topliss-reactive ketones (excluding diaryl/α,β-unsaturated/α-hetero) is 1. The molecular formula is C27H33N3O5S2. The van der Waals surface area contributed by atoms with E-state index in [-0.39, 0.29) is 11.5 Å². The van der Waals surface area contributed by atoms with Crippen molar-refractivity contribution in [3.63, 3.8) is 0 Å². The molecule has 198 valence electrons. The Bertz CT molecular complexity index is 1270. The van der Waals surface area contributed by atoms with E-state index < -0.39 is 39.8 Å². The molecule has 1 saturated heterocycles. The summed E-state index contributed by atoms with van der Waals surface area (Å²) in [4.78, 5) is 31.3. The third kappa shape index (κ3) is 7.67. The summed E-state index contributed by atoms with van der Waals surface area (Å²) in [5.74, 6) is -1.37. The number of hydrogen-bond donors (Lipinski definition) is 2. The SMILES string of the molecule is CCCC(NC(=O)C(CS(=O)(=O)Cc1ccccc1)N[C@H]1CCCCO1)C(=O)c1nc2ccccc2s1. The third-order valence-corrected chi connectivity index (χ3v) is 8.91. The van der Waals surface area contributed by atoms with E-state index in [2.05, 4.69) is 15.6 Å². The predicted octanol–water partition coefficient (Wildman–Crippen LogP) is 3.86. The fourth-order valence-corrected chi connectivity index (χ4v) is 6.93. The van der Waals surface area contributed by atoms with Crippen molar-refractivity contribution in [3.05, 3.63) is 65.2 Å². The van der Waals surface area contributed by atoms with Gasteiger partial charge in [-0.25, -0.2) is 13.4 Å². The van der Waals surface area contributed by atoms with Crippen LogP contribution in [0.4, 0.5) is 0 Å². The Kier molecular flexibility index (Phi) is 9.42. The third-order valence-electron chi connectivity index (χ3n) is 6.25. The summed E-state index contributed by atoms with van der Waals surface area (Å²) in [6.07, 6.45) is 3.21. The Morgan fingerprint density at radius 3 is 2.54 bits per heavy atom. The highest BCUT2D eigenvalue weighted by Crippen LogP contribution is 2.23. The maximum absolute atomic E-state index is 13.5. The lowest BCUT2D eigenvalue weighted by atomic mass is 10.1. The van der Waals surface area contributed by atoms with Crippen molar-refractivity contribution in [1.82, 2.24) is 15.6 Å². The highest BCUT2D eigenvalue weighted by Gasteiger charge is 2.32. The van der Waals surface area contributed by atoms with Crippen LogP contribution in [-0.4, -0.2) is 55.8 Å². The lowest BCUT2D eigenvalue weighted by Gasteiger charge is -2.29. The predicted molar refractivity (Wildman–Crippen MR) is 145 cm³/mol. The number of carbonyl (C=O) groups is 2. The first-order valence-electron chi connectivity index (χ1n) is 12.7. The number of nitrogens with zero attached hydrogens (tertiary/aromatic N) is 1. The average Bonchev–Trinajstić information content (AvgIpc) is 3.33. The highest BCUT2D eigenvalue weighted by molar-refractivity contribution is 7.90. The molecule has 0 spiro atoms. The molecule has 1 aliphatic heterocycles. The van der Waals surface area contributed by atoms with E-state index in [0.29, 0.717) is 36.4 Å². The molecule has 10 heteroatoms. The molecule has 1 aromatic heterocycles. The largest absolute Gasteiger partial charge is 0.363 e. The van der Waals surface area contributed by atoms with E-state index in [1.54, 1.807) is 24.3 Å². The number of ether oxygens (including phenoxy) is 1. The van der Waals surface area contributed by atoms with Gasteiger partial charge in [0.25, 0.3) is 0 Å². The van der Waals surface area contributed by atoms with Gasteiger partial charge in [-0.2, -0.15) is 0 Å². The van der Waals surface area contributed by atoms with E-state index in [9.17, 15) is 18.0 Å². The fraction of sp³-hybridized carbons (Fsp3) is 0.444. The minimum atomic E-state index is -3.64. The Morgan fingerprint density at radius 2 is 1.84 bits per heavy atom. The topological polar surface area (TPSA) is 114 Å². The van der Waals surface area contributed by atoms with Crippen LogP contribution in [0.5, 0.6) is 0 Å². The first-order chi connectivity index (χ1) is 17.8. The zero-order valence-corrected chi connectivity index (χ0v) is 22.5. The number of aromatic nitrogens is 1. The van der Waals surface area contributed by atoms with Gasteiger partial charge >= 0.3 is 0 Å². The van der Waals surface area contributed by atoms with E-state index in [0.717, 1.165) is 23.1 Å². The van der Waals surface area contributed by atoms with Crippen LogP contribution in [0.2, 0.25) is 0 Å². The summed E-state index contributed by atoms with van der Waals surface area (Å²) < 4.78 is 32.8. The molecule has 3 atom stereocenters. The van der Waals surface area contributed by atoms with Crippen molar-refractivity contribution >= 4 is 43.1 Å². The van der Waals surface area contributed by atoms with Gasteiger partial charge in [0.1, 0.15) is 12.3 Å². The number of benzene rings is 2. The second-order valence-electron chi connectivity index (χ2n) is 9.32. The highest BCUT2D eigenvalue weighted by atomic mass is 32.2. The second kappa shape index (κ2) is 12.7. The summed E-state index contributed by atoms with van der Waals surface area (Å²) in [6, 6.07) is 14.5. The van der Waals surface area contributed by atoms with Crippen LogP contribution < -0.4 is 10.6 Å². The van der Waals surface area contributed by atoms with Crippen LogP contribution in [0.1, 0.15) is 54.4 Å². The monoisotopic (exact) mass is 543 g/mol. The van der Waals surface area contributed by atoms with Crippen molar-refractivity contribution in [2.75, 3.05) is 12.4 Å². The summed E-state index contributed by atoms with van der Waals surface area (Å²) in [6.45, 7) is 2.48. The Morgan fingerprint density at radius 1 is 1.08 bits per heavy atom. The van der Waals surface area contributed by atoms with Crippen LogP contribution in [0, 0.1) is 0 Å². The number of nitrogens with one attached hydrogen (secondary N) is 2. The number of carbonyl (C=O) groups excluding carboxylic acids is 2. The smallest absolute Gasteiger partial charge is 0.238 e. The van der Waals surface area contributed by atoms with Gasteiger partial charge in [0.05, 0.1) is 27.8 Å². The minimum Gasteiger partial charge on any atom is -0.363 e. The molecule has 2 N–H and O–H groups in total. The summed E-state index contributed by atoms with van der Waals surface area (Å²) in [7, 11) is -3.64. The van der Waals surface area contributed by atoms with Crippen molar-refractivity contribution in [2.45, 2.75) is 63.1 Å². The molecule has 8 nitrogen and oxygen atoms in total. The van der Waals surface area contributed by atoms with E-state index in [1.807, 2.05) is 37.3 Å². The number of hydrogen-bond acceptors (Lipinski definition) is 8. The Hall–Kier alpha value is -2.66. The summed E-state index contributed by atoms with van der Waals surface area (Å²) >= 11 is 1.29. The number of rotatable bonds is 12. The number of sulfone groups is 1. The Balaban J connectivity index is 1.51. The first-order valence-corrected chi connectivity index (χ1v) is 15.3. The number of amides is 1. The standard InChI is InChI=1S/C27H33N3O5S2/c1-2-10-21(25(31)27-30-20-13-6-7-14-23(20)36-27)29-26(32)22(28-24-15-8-9-16-35-24)18-37(33,34)17-19-11-4-3-5-12-19/h3-7,11-14,21-22,24,28H,2,8-10,15-18H2,1H3,(H,29,32)/t21?,22?,24-/m1/s1. The van der Waals surface area contributed by atoms with E-state index >= 15 is 0 Å². The van der Waals surface area contributed by atoms with Gasteiger partial charge in [0.2, 0.25) is 11.7 Å². The fourth-order valence-electron chi connectivity index (χ4n) is 4.39. The second-order valence-corrected chi connectivity index (χ2v) is 12.5. The molecule has 37 heavy (non-hydrogen) atoms. The average molecular weight is 544 g/mol. The van der Waals surface area contributed by atoms with E-state index in [1.165, 1.54) is 11.3 Å². The molecule has 4 rings (SSSR count). The van der Waals surface area contributed by atoms with Crippen LogP contribution in [0.3, 0.4) is 0 Å². The molecule has 2 unspecified atom stereocenters. The van der Waals surface area contributed by atoms with Crippen molar-refractivity contribution in [1.29, 1.82) is 0 Å². The normalized spacial score (nSPS) is 17.8. The molecule has 0 aliphatic carbocycles. The van der Waals surface area contributed by atoms with Gasteiger partial charge in [-0.15, -0.1) is 11.3 Å². The molecule has 0 saturated carbocycles. The number of para-hydroxylation sites is 1. The quantitative estimate of drug-likeness (QED) is 0.333. The lowest BCUT2D eigenvalue weighted by molar-refractivity contribution is -0.125. The first kappa shape index (κ1) is 27.4. The molecule has 1 fully saturated rings. The molecule has 1 amide bonds. The summed E-state index contributed by atoms with van der Waals surface area (Å²) in [5, 5.41) is 6.27. The van der Waals surface area contributed by atoms with Crippen molar-refractivity contribution in [3.8, 4) is 0 Å². The van der Waals surface area contributed by atoms with Gasteiger partial charge in [-0.1, -0.05) is 55.8 Å². The van der Waals surface area contributed by atoms with Crippen LogP contribution in [-0.2, 0) is 25.1 Å². The van der Waals surface area contributed by atoms with Gasteiger partial charge in [-0.3, -0.25) is 14.9 Å². The van der Waals surface area contributed by atoms with E-state index in [4.69, 9.17) is 4.74 Å². The maximum atomic E-state index is 13.5. The Labute approximate surface area is 221 Å². The molecule has 2 heterocycles. The zero-order chi connectivity index (χ0) is 26.3. The molecule has 2 aromatic carbocycles. The maximum Gasteiger partial charge on any atom is 0.238 e. The molecule has 3 aromatic rings. The van der Waals surface area contributed by atoms with Crippen LogP contribution >= 0.6 is 11.3 Å². The zero-order valence-electron chi connectivity index (χ0n) is 20.9. The van der Waals surface area contributed by atoms with Crippen LogP contribution in [0.25, 0.3) is 10.2 Å². The van der Waals surface area contributed by atoms with Crippen molar-refractivity contribution in [2.24, 2.45) is 0 Å². The number of fused-ring (bicyclic) bond motifs is 1.